The van der Waals surface area contributed by atoms with Crippen molar-refractivity contribution in [2.75, 3.05) is 0 Å². The summed E-state index contributed by atoms with van der Waals surface area (Å²) in [6, 6.07) is 4.01. The molecule has 1 aromatic rings. The van der Waals surface area contributed by atoms with E-state index in [0.29, 0.717) is 15.6 Å². The van der Waals surface area contributed by atoms with Gasteiger partial charge in [0.1, 0.15) is 12.6 Å². The molecule has 3 atom stereocenters. The van der Waals surface area contributed by atoms with Gasteiger partial charge in [0.05, 0.1) is 21.9 Å². The third-order valence-electron chi connectivity index (χ3n) is 4.97. The fourth-order valence-electron chi connectivity index (χ4n) is 3.58. The Hall–Kier alpha value is -1.59. The number of fused-ring (bicyclic) bond motifs is 1. The molecule has 0 N–H and O–H groups in total. The molecule has 0 radical (unpaired) electrons. The minimum atomic E-state index is -0.923. The predicted molar refractivity (Wildman–Crippen MR) is 93.0 cm³/mol. The molecule has 1 aliphatic heterocycles. The molecule has 2 aliphatic rings. The zero-order chi connectivity index (χ0) is 18.1. The van der Waals surface area contributed by atoms with Crippen LogP contribution in [0.2, 0.25) is 10.0 Å². The van der Waals surface area contributed by atoms with E-state index in [9.17, 15) is 14.4 Å². The van der Waals surface area contributed by atoms with Crippen molar-refractivity contribution in [3.8, 4) is 0 Å². The van der Waals surface area contributed by atoms with Gasteiger partial charge < -0.3 is 4.74 Å². The first-order chi connectivity index (χ1) is 11.9. The first kappa shape index (κ1) is 18.2. The van der Waals surface area contributed by atoms with E-state index in [1.54, 1.807) is 18.2 Å². The minimum absolute atomic E-state index is 0.00312. The number of halogens is 2. The van der Waals surface area contributed by atoms with Gasteiger partial charge in [-0.15, -0.1) is 0 Å². The Bertz CT molecular complexity index is 697. The number of esters is 1. The van der Waals surface area contributed by atoms with Gasteiger partial charge in [0.2, 0.25) is 11.8 Å². The van der Waals surface area contributed by atoms with Gasteiger partial charge in [-0.2, -0.15) is 0 Å². The maximum absolute atomic E-state index is 12.5. The second-order valence-electron chi connectivity index (χ2n) is 6.58. The Kier molecular flexibility index (Phi) is 5.35. The molecule has 134 valence electrons. The second kappa shape index (κ2) is 7.34. The average molecular weight is 384 g/mol. The number of amides is 2. The van der Waals surface area contributed by atoms with Crippen LogP contribution in [0, 0.1) is 11.8 Å². The van der Waals surface area contributed by atoms with Gasteiger partial charge in [-0.1, -0.05) is 42.1 Å². The molecular weight excluding hydrogens is 365 g/mol. The van der Waals surface area contributed by atoms with Crippen molar-refractivity contribution >= 4 is 41.0 Å². The Morgan fingerprint density at radius 3 is 2.32 bits per heavy atom. The van der Waals surface area contributed by atoms with Gasteiger partial charge in [-0.25, -0.2) is 4.79 Å². The quantitative estimate of drug-likeness (QED) is 0.588. The molecule has 1 saturated heterocycles. The van der Waals surface area contributed by atoms with Gasteiger partial charge >= 0.3 is 5.97 Å². The Balaban J connectivity index is 1.64. The summed E-state index contributed by atoms with van der Waals surface area (Å²) in [6.45, 7) is 1.54. The van der Waals surface area contributed by atoms with Crippen molar-refractivity contribution in [1.29, 1.82) is 0 Å². The van der Waals surface area contributed by atoms with Gasteiger partial charge in [-0.3, -0.25) is 14.5 Å². The molecule has 5 nitrogen and oxygen atoms in total. The van der Waals surface area contributed by atoms with E-state index >= 15 is 0 Å². The van der Waals surface area contributed by atoms with E-state index in [2.05, 4.69) is 0 Å². The average Bonchev–Trinajstić information content (AvgIpc) is 2.86. The zero-order valence-electron chi connectivity index (χ0n) is 13.8. The Morgan fingerprint density at radius 2 is 1.76 bits per heavy atom. The van der Waals surface area contributed by atoms with Gasteiger partial charge in [0, 0.05) is 0 Å². The number of nitrogens with zero attached hydrogens (tertiary/aromatic N) is 1. The maximum atomic E-state index is 12.5. The molecule has 0 bridgehead atoms. The molecule has 1 aromatic carbocycles. The first-order valence-corrected chi connectivity index (χ1v) is 9.13. The van der Waals surface area contributed by atoms with Crippen LogP contribution in [0.15, 0.2) is 18.2 Å². The third-order valence-corrected chi connectivity index (χ3v) is 5.71. The summed E-state index contributed by atoms with van der Waals surface area (Å²) >= 11 is 11.8. The lowest BCUT2D eigenvalue weighted by Crippen LogP contribution is -2.44. The molecule has 0 unspecified atom stereocenters. The van der Waals surface area contributed by atoms with E-state index in [4.69, 9.17) is 27.9 Å². The summed E-state index contributed by atoms with van der Waals surface area (Å²) in [5.41, 5.74) is 0.683. The largest absolute Gasteiger partial charge is 0.459 e. The molecule has 2 amide bonds. The highest BCUT2D eigenvalue weighted by molar-refractivity contribution is 6.42. The molecule has 25 heavy (non-hydrogen) atoms. The SMILES string of the molecule is C[C@@H](C(=O)OCc1ccc(Cl)c(Cl)c1)N1C(=O)[C@@H]2CCCC[C@H]2C1=O. The minimum Gasteiger partial charge on any atom is -0.459 e. The molecule has 7 heteroatoms. The van der Waals surface area contributed by atoms with Crippen molar-refractivity contribution in [3.63, 3.8) is 0 Å². The number of imide groups is 1. The molecular formula is C18H19Cl2NO4. The third kappa shape index (κ3) is 3.53. The molecule has 3 rings (SSSR count). The van der Waals surface area contributed by atoms with Crippen LogP contribution in [0.3, 0.4) is 0 Å². The monoisotopic (exact) mass is 383 g/mol. The molecule has 1 aliphatic carbocycles. The molecule has 2 fully saturated rings. The lowest BCUT2D eigenvalue weighted by Gasteiger charge is -2.21. The summed E-state index contributed by atoms with van der Waals surface area (Å²) in [4.78, 5) is 38.5. The van der Waals surface area contributed by atoms with Crippen LogP contribution in [-0.4, -0.2) is 28.7 Å². The van der Waals surface area contributed by atoms with E-state index < -0.39 is 12.0 Å². The van der Waals surface area contributed by atoms with Crippen LogP contribution in [0.5, 0.6) is 0 Å². The molecule has 1 saturated carbocycles. The molecule has 1 heterocycles. The lowest BCUT2D eigenvalue weighted by molar-refractivity contribution is -0.159. The summed E-state index contributed by atoms with van der Waals surface area (Å²) < 4.78 is 5.26. The number of likely N-dealkylation sites (tertiary alicyclic amines) is 1. The number of carbonyl (C=O) groups is 3. The van der Waals surface area contributed by atoms with Crippen LogP contribution >= 0.6 is 23.2 Å². The van der Waals surface area contributed by atoms with E-state index in [0.717, 1.165) is 30.6 Å². The predicted octanol–water partition coefficient (Wildman–Crippen LogP) is 3.60. The van der Waals surface area contributed by atoms with E-state index in [-0.39, 0.29) is 30.3 Å². The van der Waals surface area contributed by atoms with Crippen LogP contribution in [0.25, 0.3) is 0 Å². The fourth-order valence-corrected chi connectivity index (χ4v) is 3.90. The maximum Gasteiger partial charge on any atom is 0.329 e. The van der Waals surface area contributed by atoms with Gasteiger partial charge in [0.15, 0.2) is 0 Å². The highest BCUT2D eigenvalue weighted by Crippen LogP contribution is 2.39. The van der Waals surface area contributed by atoms with Crippen molar-refractivity contribution in [3.05, 3.63) is 33.8 Å². The Morgan fingerprint density at radius 1 is 1.16 bits per heavy atom. The smallest absolute Gasteiger partial charge is 0.329 e. The van der Waals surface area contributed by atoms with Gasteiger partial charge in [0.25, 0.3) is 0 Å². The van der Waals surface area contributed by atoms with Crippen LogP contribution < -0.4 is 0 Å². The number of ether oxygens (including phenoxy) is 1. The first-order valence-electron chi connectivity index (χ1n) is 8.37. The summed E-state index contributed by atoms with van der Waals surface area (Å²) in [7, 11) is 0. The highest BCUT2D eigenvalue weighted by Gasteiger charge is 2.51. The van der Waals surface area contributed by atoms with Crippen molar-refractivity contribution in [2.24, 2.45) is 11.8 Å². The normalized spacial score (nSPS) is 24.2. The van der Waals surface area contributed by atoms with Crippen molar-refractivity contribution in [2.45, 2.75) is 45.3 Å². The topological polar surface area (TPSA) is 63.7 Å². The summed E-state index contributed by atoms with van der Waals surface area (Å²) in [6.07, 6.45) is 3.34. The fraction of sp³-hybridized carbons (Fsp3) is 0.500. The lowest BCUT2D eigenvalue weighted by atomic mass is 9.81. The van der Waals surface area contributed by atoms with E-state index in [1.807, 2.05) is 0 Å². The summed E-state index contributed by atoms with van der Waals surface area (Å²) in [5, 5.41) is 0.790. The standard InChI is InChI=1S/C18H19Cl2NO4/c1-10(18(24)25-9-11-6-7-14(19)15(20)8-11)21-16(22)12-4-2-3-5-13(12)17(21)23/h6-8,10,12-13H,2-5,9H2,1H3/t10-,12+,13+/m0/s1. The Labute approximate surface area is 156 Å². The van der Waals surface area contributed by atoms with E-state index in [1.165, 1.54) is 6.92 Å². The number of rotatable bonds is 4. The van der Waals surface area contributed by atoms with Gasteiger partial charge in [-0.05, 0) is 37.5 Å². The van der Waals surface area contributed by atoms with Crippen LogP contribution in [0.1, 0.15) is 38.2 Å². The number of benzene rings is 1. The van der Waals surface area contributed by atoms with Crippen molar-refractivity contribution < 1.29 is 19.1 Å². The zero-order valence-corrected chi connectivity index (χ0v) is 15.3. The van der Waals surface area contributed by atoms with Crippen molar-refractivity contribution in [1.82, 2.24) is 4.90 Å². The number of hydrogen-bond acceptors (Lipinski definition) is 4. The molecule has 0 spiro atoms. The summed E-state index contributed by atoms with van der Waals surface area (Å²) in [5.74, 6) is -1.63. The van der Waals surface area contributed by atoms with Crippen LogP contribution in [0.4, 0.5) is 0 Å². The second-order valence-corrected chi connectivity index (χ2v) is 7.39. The molecule has 0 aromatic heterocycles. The number of carbonyl (C=O) groups excluding carboxylic acids is 3. The van der Waals surface area contributed by atoms with Crippen LogP contribution in [-0.2, 0) is 25.7 Å². The highest BCUT2D eigenvalue weighted by atomic mass is 35.5. The number of hydrogen-bond donors (Lipinski definition) is 0.